The topological polar surface area (TPSA) is 62.2 Å². The third-order valence-electron chi connectivity index (χ3n) is 5.94. The Morgan fingerprint density at radius 2 is 1.88 bits per heavy atom. The number of nitrogens with zero attached hydrogens (tertiary/aromatic N) is 3. The van der Waals surface area contributed by atoms with E-state index in [9.17, 15) is 14.0 Å². The van der Waals surface area contributed by atoms with E-state index < -0.39 is 0 Å². The molecule has 4 rings (SSSR count). The molecule has 1 aliphatic heterocycles. The van der Waals surface area contributed by atoms with Crippen molar-refractivity contribution in [3.63, 3.8) is 0 Å². The Kier molecular flexibility index (Phi) is 6.65. The maximum Gasteiger partial charge on any atom is 0.262 e. The van der Waals surface area contributed by atoms with E-state index in [1.165, 1.54) is 11.1 Å². The third kappa shape index (κ3) is 4.88. The number of hydrogen-bond donors (Lipinski definition) is 0. The van der Waals surface area contributed by atoms with Gasteiger partial charge >= 0.3 is 0 Å². The fraction of sp³-hybridized carbons (Fsp3) is 0.400. The predicted molar refractivity (Wildman–Crippen MR) is 120 cm³/mol. The largest absolute Gasteiger partial charge is 0.383 e. The molecule has 2 amide bonds. The quantitative estimate of drug-likeness (QED) is 0.633. The standard InChI is InChI=1S/C25H28FN3O3/c1-17-7-9-18(10-8-17)23-15-22(20-5-3-4-6-21(20)26)27-29(23)24(30)16-28(13-14-32-2)25(31)19-11-12-19/h3-10,19,23H,11-16H2,1-2H3/t23-/m1/s1. The number of halogens is 1. The van der Waals surface area contributed by atoms with Crippen molar-refractivity contribution in [1.82, 2.24) is 9.91 Å². The zero-order valence-electron chi connectivity index (χ0n) is 18.5. The summed E-state index contributed by atoms with van der Waals surface area (Å²) in [4.78, 5) is 27.6. The lowest BCUT2D eigenvalue weighted by Crippen LogP contribution is -2.43. The van der Waals surface area contributed by atoms with Gasteiger partial charge in [-0.05, 0) is 31.4 Å². The molecule has 2 aromatic carbocycles. The van der Waals surface area contributed by atoms with Gasteiger partial charge in [-0.3, -0.25) is 9.59 Å². The van der Waals surface area contributed by atoms with Gasteiger partial charge < -0.3 is 9.64 Å². The summed E-state index contributed by atoms with van der Waals surface area (Å²) in [6.07, 6.45) is 2.13. The van der Waals surface area contributed by atoms with Crippen LogP contribution in [0.15, 0.2) is 53.6 Å². The smallest absolute Gasteiger partial charge is 0.262 e. The average Bonchev–Trinajstić information content (AvgIpc) is 3.55. The van der Waals surface area contributed by atoms with E-state index in [4.69, 9.17) is 4.74 Å². The molecule has 0 aromatic heterocycles. The summed E-state index contributed by atoms with van der Waals surface area (Å²) in [6.45, 7) is 2.64. The fourth-order valence-corrected chi connectivity index (χ4v) is 3.94. The number of benzene rings is 2. The molecule has 0 N–H and O–H groups in total. The van der Waals surface area contributed by atoms with Crippen molar-refractivity contribution in [1.29, 1.82) is 0 Å². The summed E-state index contributed by atoms with van der Waals surface area (Å²) in [7, 11) is 1.57. The van der Waals surface area contributed by atoms with Crippen molar-refractivity contribution in [2.75, 3.05) is 26.8 Å². The highest BCUT2D eigenvalue weighted by molar-refractivity contribution is 6.03. The number of hydrogen-bond acceptors (Lipinski definition) is 4. The number of amides is 2. The molecule has 32 heavy (non-hydrogen) atoms. The SMILES string of the molecule is COCCN(CC(=O)N1N=C(c2ccccc2F)C[C@@H]1c1ccc(C)cc1)C(=O)C1CC1. The Bertz CT molecular complexity index is 1020. The normalized spacial score (nSPS) is 17.9. The molecule has 1 aliphatic carbocycles. The monoisotopic (exact) mass is 437 g/mol. The number of rotatable bonds is 8. The van der Waals surface area contributed by atoms with E-state index in [-0.39, 0.29) is 36.1 Å². The van der Waals surface area contributed by atoms with Crippen LogP contribution in [-0.4, -0.2) is 54.2 Å². The van der Waals surface area contributed by atoms with E-state index in [0.29, 0.717) is 30.8 Å². The Hall–Kier alpha value is -3.06. The first-order chi connectivity index (χ1) is 15.5. The van der Waals surface area contributed by atoms with Crippen LogP contribution in [0.2, 0.25) is 0 Å². The summed E-state index contributed by atoms with van der Waals surface area (Å²) < 4.78 is 19.6. The molecule has 0 bridgehead atoms. The zero-order valence-corrected chi connectivity index (χ0v) is 18.5. The van der Waals surface area contributed by atoms with Gasteiger partial charge in [-0.15, -0.1) is 0 Å². The second-order valence-electron chi connectivity index (χ2n) is 8.42. The van der Waals surface area contributed by atoms with E-state index in [1.54, 1.807) is 30.2 Å². The predicted octanol–water partition coefficient (Wildman–Crippen LogP) is 3.70. The lowest BCUT2D eigenvalue weighted by Gasteiger charge is -2.27. The lowest BCUT2D eigenvalue weighted by atomic mass is 9.97. The highest BCUT2D eigenvalue weighted by Gasteiger charge is 2.38. The Morgan fingerprint density at radius 3 is 2.53 bits per heavy atom. The minimum absolute atomic E-state index is 0.00334. The molecule has 2 aromatic rings. The lowest BCUT2D eigenvalue weighted by molar-refractivity contribution is -0.142. The molecule has 0 spiro atoms. The van der Waals surface area contributed by atoms with Crippen LogP contribution in [0.4, 0.5) is 4.39 Å². The second-order valence-corrected chi connectivity index (χ2v) is 8.42. The van der Waals surface area contributed by atoms with Crippen molar-refractivity contribution < 1.29 is 18.7 Å². The molecule has 7 heteroatoms. The molecule has 168 valence electrons. The van der Waals surface area contributed by atoms with Crippen molar-refractivity contribution in [3.8, 4) is 0 Å². The van der Waals surface area contributed by atoms with Gasteiger partial charge in [0.05, 0.1) is 18.4 Å². The number of methoxy groups -OCH3 is 1. The van der Waals surface area contributed by atoms with Gasteiger partial charge in [0.15, 0.2) is 0 Å². The van der Waals surface area contributed by atoms with Crippen LogP contribution in [-0.2, 0) is 14.3 Å². The van der Waals surface area contributed by atoms with Gasteiger partial charge in [-0.2, -0.15) is 5.10 Å². The Morgan fingerprint density at radius 1 is 1.16 bits per heavy atom. The summed E-state index contributed by atoms with van der Waals surface area (Å²) in [5, 5.41) is 5.97. The molecule has 1 heterocycles. The number of carbonyl (C=O) groups excluding carboxylic acids is 2. The van der Waals surface area contributed by atoms with E-state index in [1.807, 2.05) is 31.2 Å². The molecule has 1 fully saturated rings. The molecule has 1 saturated carbocycles. The number of hydrazone groups is 1. The van der Waals surface area contributed by atoms with Crippen molar-refractivity contribution in [2.24, 2.45) is 11.0 Å². The number of carbonyl (C=O) groups is 2. The van der Waals surface area contributed by atoms with Crippen LogP contribution in [0.1, 0.15) is 42.0 Å². The Balaban J connectivity index is 1.61. The summed E-state index contributed by atoms with van der Waals surface area (Å²) >= 11 is 0. The zero-order chi connectivity index (χ0) is 22.7. The molecule has 0 radical (unpaired) electrons. The third-order valence-corrected chi connectivity index (χ3v) is 5.94. The summed E-state index contributed by atoms with van der Waals surface area (Å²) in [5.74, 6) is -0.663. The molecular formula is C25H28FN3O3. The first kappa shape index (κ1) is 22.1. The minimum Gasteiger partial charge on any atom is -0.383 e. The summed E-state index contributed by atoms with van der Waals surface area (Å²) in [6, 6.07) is 14.0. The molecule has 1 atom stereocenters. The second kappa shape index (κ2) is 9.61. The molecular weight excluding hydrogens is 409 g/mol. The number of aryl methyl sites for hydroxylation is 1. The highest BCUT2D eigenvalue weighted by atomic mass is 19.1. The molecule has 0 unspecified atom stereocenters. The van der Waals surface area contributed by atoms with Gasteiger partial charge in [0.25, 0.3) is 5.91 Å². The van der Waals surface area contributed by atoms with Crippen LogP contribution in [0, 0.1) is 18.7 Å². The van der Waals surface area contributed by atoms with Gasteiger partial charge in [0.2, 0.25) is 5.91 Å². The molecule has 2 aliphatic rings. The van der Waals surface area contributed by atoms with Crippen LogP contribution in [0.3, 0.4) is 0 Å². The minimum atomic E-state index is -0.367. The van der Waals surface area contributed by atoms with Crippen LogP contribution in [0.25, 0.3) is 0 Å². The fourth-order valence-electron chi connectivity index (χ4n) is 3.94. The Labute approximate surface area is 187 Å². The van der Waals surface area contributed by atoms with Gasteiger partial charge in [-0.25, -0.2) is 9.40 Å². The van der Waals surface area contributed by atoms with Gasteiger partial charge in [0, 0.05) is 31.6 Å². The molecule has 6 nitrogen and oxygen atoms in total. The average molecular weight is 438 g/mol. The van der Waals surface area contributed by atoms with E-state index in [0.717, 1.165) is 24.0 Å². The van der Waals surface area contributed by atoms with Crippen molar-refractivity contribution in [3.05, 3.63) is 71.0 Å². The van der Waals surface area contributed by atoms with Crippen LogP contribution in [0.5, 0.6) is 0 Å². The maximum absolute atomic E-state index is 14.5. The van der Waals surface area contributed by atoms with Crippen molar-refractivity contribution in [2.45, 2.75) is 32.2 Å². The van der Waals surface area contributed by atoms with Crippen LogP contribution >= 0.6 is 0 Å². The van der Waals surface area contributed by atoms with Crippen LogP contribution < -0.4 is 0 Å². The maximum atomic E-state index is 14.5. The van der Waals surface area contributed by atoms with Gasteiger partial charge in [0.1, 0.15) is 12.4 Å². The first-order valence-electron chi connectivity index (χ1n) is 11.0. The van der Waals surface area contributed by atoms with Gasteiger partial charge in [-0.1, -0.05) is 48.0 Å². The molecule has 0 saturated heterocycles. The first-order valence-corrected chi connectivity index (χ1v) is 11.0. The van der Waals surface area contributed by atoms with Crippen molar-refractivity contribution >= 4 is 17.5 Å². The summed E-state index contributed by atoms with van der Waals surface area (Å²) in [5.41, 5.74) is 2.96. The highest BCUT2D eigenvalue weighted by Crippen LogP contribution is 2.34. The van der Waals surface area contributed by atoms with E-state index in [2.05, 4.69) is 5.10 Å². The number of ether oxygens (including phenoxy) is 1. The van der Waals surface area contributed by atoms with E-state index >= 15 is 0 Å².